The van der Waals surface area contributed by atoms with Gasteiger partial charge in [-0.1, -0.05) is 26.0 Å². The van der Waals surface area contributed by atoms with E-state index in [4.69, 9.17) is 9.68 Å². The Hall–Kier alpha value is -1.29. The number of rotatable bonds is 9. The second-order valence-electron chi connectivity index (χ2n) is 5.93. The third-order valence-electron chi connectivity index (χ3n) is 4.27. The molecule has 2 atom stereocenters. The zero-order valence-electron chi connectivity index (χ0n) is 15.1. The van der Waals surface area contributed by atoms with Gasteiger partial charge in [-0.05, 0) is 38.0 Å². The fourth-order valence-corrected chi connectivity index (χ4v) is 2.52. The van der Waals surface area contributed by atoms with Gasteiger partial charge in [-0.3, -0.25) is 9.68 Å². The molecule has 1 N–H and O–H groups in total. The predicted octanol–water partition coefficient (Wildman–Crippen LogP) is 4.53. The molecule has 0 spiro atoms. The van der Waals surface area contributed by atoms with Crippen molar-refractivity contribution in [2.75, 3.05) is 13.2 Å². The van der Waals surface area contributed by atoms with Gasteiger partial charge in [-0.15, -0.1) is 0 Å². The molecular weight excluding hydrogens is 361 g/mol. The van der Waals surface area contributed by atoms with Crippen molar-refractivity contribution < 1.29 is 36.7 Å². The van der Waals surface area contributed by atoms with Gasteiger partial charge in [0, 0.05) is 10.6 Å². The van der Waals surface area contributed by atoms with Crippen molar-refractivity contribution in [1.29, 1.82) is 0 Å². The molecule has 0 fully saturated rings. The Morgan fingerprint density at radius 1 is 0.923 bits per heavy atom. The van der Waals surface area contributed by atoms with Crippen LogP contribution in [0.3, 0.4) is 0 Å². The number of nitrogens with zero attached hydrogens (tertiary/aromatic N) is 1. The first kappa shape index (κ1) is 22.8. The largest absolute Gasteiger partial charge is 0.416 e. The first-order chi connectivity index (χ1) is 11.9. The van der Waals surface area contributed by atoms with Crippen LogP contribution in [-0.4, -0.2) is 35.7 Å². The fourth-order valence-electron chi connectivity index (χ4n) is 2.52. The molecule has 0 heterocycles. The van der Waals surface area contributed by atoms with Crippen LogP contribution in [0.15, 0.2) is 24.3 Å². The molecule has 150 valence electrons. The van der Waals surface area contributed by atoms with Crippen LogP contribution in [0.4, 0.5) is 22.0 Å². The summed E-state index contributed by atoms with van der Waals surface area (Å²) in [7, 11) is 0. The second-order valence-corrected chi connectivity index (χ2v) is 5.93. The van der Waals surface area contributed by atoms with Crippen molar-refractivity contribution in [1.82, 2.24) is 5.23 Å². The summed E-state index contributed by atoms with van der Waals surface area (Å²) in [5, 5.41) is 10.4. The van der Waals surface area contributed by atoms with Crippen LogP contribution < -0.4 is 0 Å². The highest BCUT2D eigenvalue weighted by molar-refractivity contribution is 5.31. The highest BCUT2D eigenvalue weighted by Gasteiger charge is 2.55. The number of hydrogen-bond donors (Lipinski definition) is 1. The van der Waals surface area contributed by atoms with E-state index < -0.39 is 29.3 Å². The second kappa shape index (κ2) is 8.60. The van der Waals surface area contributed by atoms with Gasteiger partial charge in [0.05, 0.1) is 18.8 Å². The van der Waals surface area contributed by atoms with Gasteiger partial charge >= 0.3 is 12.2 Å². The summed E-state index contributed by atoms with van der Waals surface area (Å²) >= 11 is 0. The van der Waals surface area contributed by atoms with Gasteiger partial charge < -0.3 is 5.11 Å². The molecule has 0 aromatic heterocycles. The van der Waals surface area contributed by atoms with E-state index in [2.05, 4.69) is 0 Å². The number of halogens is 5. The van der Waals surface area contributed by atoms with Crippen LogP contribution in [0.25, 0.3) is 0 Å². The van der Waals surface area contributed by atoms with E-state index >= 15 is 0 Å². The molecule has 9 heteroatoms. The van der Waals surface area contributed by atoms with Gasteiger partial charge in [0.15, 0.2) is 0 Å². The number of benzene rings is 1. The Labute approximate surface area is 149 Å². The van der Waals surface area contributed by atoms with Crippen molar-refractivity contribution in [2.45, 2.75) is 57.9 Å². The third kappa shape index (κ3) is 4.70. The molecule has 0 amide bonds. The van der Waals surface area contributed by atoms with Gasteiger partial charge in [0.2, 0.25) is 0 Å². The summed E-state index contributed by atoms with van der Waals surface area (Å²) < 4.78 is 67.6. The monoisotopic (exact) mass is 385 g/mol. The van der Waals surface area contributed by atoms with Crippen LogP contribution in [-0.2, 0) is 21.3 Å². The topological polar surface area (TPSA) is 41.9 Å². The van der Waals surface area contributed by atoms with Crippen molar-refractivity contribution >= 4 is 0 Å². The van der Waals surface area contributed by atoms with E-state index in [0.29, 0.717) is 0 Å². The molecule has 0 saturated heterocycles. The zero-order chi connectivity index (χ0) is 20.2. The van der Waals surface area contributed by atoms with Crippen molar-refractivity contribution in [2.24, 2.45) is 0 Å². The Morgan fingerprint density at radius 2 is 1.35 bits per heavy atom. The zero-order valence-corrected chi connectivity index (χ0v) is 15.1. The Bertz CT molecular complexity index is 559. The number of alkyl halides is 5. The lowest BCUT2D eigenvalue weighted by Gasteiger charge is -2.41. The molecule has 1 aromatic carbocycles. The van der Waals surface area contributed by atoms with Gasteiger partial charge in [-0.25, -0.2) is 0 Å². The highest BCUT2D eigenvalue weighted by atomic mass is 19.4. The minimum atomic E-state index is -4.54. The average Bonchev–Trinajstić information content (AvgIpc) is 2.59. The summed E-state index contributed by atoms with van der Waals surface area (Å²) in [6.45, 7) is 5.62. The van der Waals surface area contributed by atoms with E-state index in [-0.39, 0.29) is 30.4 Å². The standard InChI is InChI=1S/C17H24F5NO3/c1-5-15(4,12-8-10-13(11-9-12)16(18,19)20)14(24)17(21,22)23(25-6-2)26-7-3/h8-11,14,24H,5-7H2,1-4H3. The molecule has 1 aromatic rings. The molecule has 0 aliphatic rings. The summed E-state index contributed by atoms with van der Waals surface area (Å²) in [5.41, 5.74) is -2.29. The maximum absolute atomic E-state index is 14.7. The van der Waals surface area contributed by atoms with Crippen LogP contribution in [0, 0.1) is 0 Å². The van der Waals surface area contributed by atoms with Crippen LogP contribution in [0.5, 0.6) is 0 Å². The molecule has 0 aliphatic heterocycles. The normalized spacial score (nSPS) is 16.6. The smallest absolute Gasteiger partial charge is 0.384 e. The first-order valence-corrected chi connectivity index (χ1v) is 8.24. The Kier molecular flexibility index (Phi) is 7.52. The van der Waals surface area contributed by atoms with Crippen LogP contribution in [0.1, 0.15) is 45.2 Å². The summed E-state index contributed by atoms with van der Waals surface area (Å²) in [6.07, 6.45) is -6.79. The number of aliphatic hydroxyl groups excluding tert-OH is 1. The highest BCUT2D eigenvalue weighted by Crippen LogP contribution is 2.41. The van der Waals surface area contributed by atoms with Crippen molar-refractivity contribution in [3.8, 4) is 0 Å². The molecule has 0 bridgehead atoms. The van der Waals surface area contributed by atoms with Crippen molar-refractivity contribution in [3.05, 3.63) is 35.4 Å². The lowest BCUT2D eigenvalue weighted by Crippen LogP contribution is -2.57. The van der Waals surface area contributed by atoms with Crippen molar-refractivity contribution in [3.63, 3.8) is 0 Å². The van der Waals surface area contributed by atoms with E-state index in [1.807, 2.05) is 0 Å². The van der Waals surface area contributed by atoms with E-state index in [1.54, 1.807) is 6.92 Å². The molecule has 0 radical (unpaired) electrons. The van der Waals surface area contributed by atoms with Crippen LogP contribution in [0.2, 0.25) is 0 Å². The maximum Gasteiger partial charge on any atom is 0.416 e. The number of hydroxylamine groups is 2. The van der Waals surface area contributed by atoms with Crippen LogP contribution >= 0.6 is 0 Å². The molecule has 0 saturated carbocycles. The van der Waals surface area contributed by atoms with E-state index in [9.17, 15) is 27.1 Å². The lowest BCUT2D eigenvalue weighted by molar-refractivity contribution is -0.483. The Morgan fingerprint density at radius 3 is 1.69 bits per heavy atom. The quantitative estimate of drug-likeness (QED) is 0.385. The minimum absolute atomic E-state index is 0.0429. The van der Waals surface area contributed by atoms with Gasteiger partial charge in [0.1, 0.15) is 6.10 Å². The predicted molar refractivity (Wildman–Crippen MR) is 85.1 cm³/mol. The first-order valence-electron chi connectivity index (χ1n) is 8.24. The molecule has 1 rings (SSSR count). The Balaban J connectivity index is 3.24. The summed E-state index contributed by atoms with van der Waals surface area (Å²) in [5.74, 6) is 0. The number of aliphatic hydroxyl groups is 1. The molecule has 4 nitrogen and oxygen atoms in total. The minimum Gasteiger partial charge on any atom is -0.384 e. The molecular formula is C17H24F5NO3. The van der Waals surface area contributed by atoms with E-state index in [0.717, 1.165) is 24.3 Å². The average molecular weight is 385 g/mol. The fraction of sp³-hybridized carbons (Fsp3) is 0.647. The molecule has 26 heavy (non-hydrogen) atoms. The number of hydrogen-bond acceptors (Lipinski definition) is 4. The van der Waals surface area contributed by atoms with Gasteiger partial charge in [-0.2, -0.15) is 22.0 Å². The van der Waals surface area contributed by atoms with E-state index in [1.165, 1.54) is 20.8 Å². The summed E-state index contributed by atoms with van der Waals surface area (Å²) in [6, 6.07) is -0.137. The molecule has 2 unspecified atom stereocenters. The maximum atomic E-state index is 14.7. The lowest BCUT2D eigenvalue weighted by atomic mass is 9.74. The molecule has 0 aliphatic carbocycles. The third-order valence-corrected chi connectivity index (χ3v) is 4.27. The van der Waals surface area contributed by atoms with Gasteiger partial charge in [0.25, 0.3) is 0 Å². The SMILES string of the molecule is CCON(OCC)C(F)(F)C(O)C(C)(CC)c1ccc(C(F)(F)F)cc1. The summed E-state index contributed by atoms with van der Waals surface area (Å²) in [4.78, 5) is 9.52.